The van der Waals surface area contributed by atoms with Gasteiger partial charge in [0.25, 0.3) is 0 Å². The SMILES string of the molecule is Cc1cc(C(N)=S)cc(NCCCc2ccccc2)n1. The molecule has 0 aliphatic carbocycles. The van der Waals surface area contributed by atoms with Crippen LogP contribution in [-0.2, 0) is 6.42 Å². The summed E-state index contributed by atoms with van der Waals surface area (Å²) in [5, 5.41) is 3.32. The van der Waals surface area contributed by atoms with E-state index in [0.29, 0.717) is 4.99 Å². The van der Waals surface area contributed by atoms with Gasteiger partial charge >= 0.3 is 0 Å². The van der Waals surface area contributed by atoms with Crippen molar-refractivity contribution in [3.8, 4) is 0 Å². The molecule has 1 heterocycles. The van der Waals surface area contributed by atoms with Gasteiger partial charge < -0.3 is 11.1 Å². The van der Waals surface area contributed by atoms with Gasteiger partial charge in [0.2, 0.25) is 0 Å². The molecule has 0 unspecified atom stereocenters. The molecule has 0 amide bonds. The summed E-state index contributed by atoms with van der Waals surface area (Å²) in [5.41, 5.74) is 8.79. The van der Waals surface area contributed by atoms with Crippen molar-refractivity contribution in [1.29, 1.82) is 0 Å². The van der Waals surface area contributed by atoms with E-state index in [1.54, 1.807) is 0 Å². The fourth-order valence-corrected chi connectivity index (χ4v) is 2.17. The number of nitrogens with one attached hydrogen (secondary N) is 1. The smallest absolute Gasteiger partial charge is 0.126 e. The highest BCUT2D eigenvalue weighted by Gasteiger charge is 2.02. The summed E-state index contributed by atoms with van der Waals surface area (Å²) in [6.07, 6.45) is 2.11. The van der Waals surface area contributed by atoms with Gasteiger partial charge in [-0.25, -0.2) is 4.98 Å². The van der Waals surface area contributed by atoms with Crippen LogP contribution in [0.5, 0.6) is 0 Å². The molecule has 0 aliphatic rings. The molecule has 2 rings (SSSR count). The van der Waals surface area contributed by atoms with Gasteiger partial charge in [-0.15, -0.1) is 0 Å². The predicted octanol–water partition coefficient (Wildman–Crippen LogP) is 3.07. The second kappa shape index (κ2) is 7.01. The lowest BCUT2D eigenvalue weighted by Gasteiger charge is -2.08. The molecule has 1 aromatic carbocycles. The van der Waals surface area contributed by atoms with E-state index in [9.17, 15) is 0 Å². The molecule has 0 radical (unpaired) electrons. The lowest BCUT2D eigenvalue weighted by atomic mass is 10.1. The number of benzene rings is 1. The van der Waals surface area contributed by atoms with Gasteiger partial charge in [-0.2, -0.15) is 0 Å². The maximum absolute atomic E-state index is 5.66. The first-order valence-corrected chi connectivity index (χ1v) is 7.12. The average Bonchev–Trinajstić information content (AvgIpc) is 2.44. The highest BCUT2D eigenvalue weighted by atomic mass is 32.1. The maximum atomic E-state index is 5.66. The second-order valence-corrected chi connectivity index (χ2v) is 5.20. The second-order valence-electron chi connectivity index (χ2n) is 4.76. The predicted molar refractivity (Wildman–Crippen MR) is 88.1 cm³/mol. The molecule has 20 heavy (non-hydrogen) atoms. The molecule has 104 valence electrons. The maximum Gasteiger partial charge on any atom is 0.126 e. The summed E-state index contributed by atoms with van der Waals surface area (Å²) >= 11 is 5.00. The Bertz CT molecular complexity index is 582. The summed E-state index contributed by atoms with van der Waals surface area (Å²) < 4.78 is 0. The van der Waals surface area contributed by atoms with Gasteiger partial charge in [-0.05, 0) is 37.5 Å². The number of anilines is 1. The van der Waals surface area contributed by atoms with Gasteiger partial charge in [0.15, 0.2) is 0 Å². The van der Waals surface area contributed by atoms with Crippen LogP contribution in [0.25, 0.3) is 0 Å². The number of aromatic nitrogens is 1. The monoisotopic (exact) mass is 285 g/mol. The quantitative estimate of drug-likeness (QED) is 0.632. The Labute approximate surface area is 125 Å². The fourth-order valence-electron chi connectivity index (χ4n) is 2.06. The van der Waals surface area contributed by atoms with Crippen LogP contribution in [0, 0.1) is 6.92 Å². The van der Waals surface area contributed by atoms with E-state index in [1.165, 1.54) is 5.56 Å². The van der Waals surface area contributed by atoms with Crippen molar-refractivity contribution < 1.29 is 0 Å². The Kier molecular flexibility index (Phi) is 5.07. The van der Waals surface area contributed by atoms with Crippen molar-refractivity contribution in [3.05, 3.63) is 59.3 Å². The molecule has 0 saturated carbocycles. The minimum atomic E-state index is 0.405. The third-order valence-electron chi connectivity index (χ3n) is 3.03. The van der Waals surface area contributed by atoms with Gasteiger partial charge in [0.1, 0.15) is 10.8 Å². The van der Waals surface area contributed by atoms with Crippen LogP contribution in [0.15, 0.2) is 42.5 Å². The van der Waals surface area contributed by atoms with Crippen molar-refractivity contribution in [2.45, 2.75) is 19.8 Å². The van der Waals surface area contributed by atoms with Crippen molar-refractivity contribution >= 4 is 23.0 Å². The Hall–Kier alpha value is -1.94. The van der Waals surface area contributed by atoms with Crippen LogP contribution in [0.1, 0.15) is 23.2 Å². The van der Waals surface area contributed by atoms with Crippen molar-refractivity contribution in [1.82, 2.24) is 4.98 Å². The summed E-state index contributed by atoms with van der Waals surface area (Å²) in [6, 6.07) is 14.3. The van der Waals surface area contributed by atoms with Crippen LogP contribution in [0.2, 0.25) is 0 Å². The van der Waals surface area contributed by atoms with E-state index in [1.807, 2.05) is 25.1 Å². The summed E-state index contributed by atoms with van der Waals surface area (Å²) in [7, 11) is 0. The molecule has 0 fully saturated rings. The molecule has 0 aliphatic heterocycles. The van der Waals surface area contributed by atoms with Gasteiger partial charge in [-0.1, -0.05) is 42.5 Å². The zero-order chi connectivity index (χ0) is 14.4. The number of hydrogen-bond donors (Lipinski definition) is 2. The van der Waals surface area contributed by atoms with E-state index in [0.717, 1.165) is 36.5 Å². The fraction of sp³-hybridized carbons (Fsp3) is 0.250. The minimum Gasteiger partial charge on any atom is -0.389 e. The molecule has 0 saturated heterocycles. The third kappa shape index (κ3) is 4.31. The zero-order valence-electron chi connectivity index (χ0n) is 11.6. The first kappa shape index (κ1) is 14.5. The number of rotatable bonds is 6. The molecular weight excluding hydrogens is 266 g/mol. The topological polar surface area (TPSA) is 50.9 Å². The van der Waals surface area contributed by atoms with Crippen LogP contribution in [0.4, 0.5) is 5.82 Å². The highest BCUT2D eigenvalue weighted by Crippen LogP contribution is 2.10. The molecule has 3 N–H and O–H groups in total. The third-order valence-corrected chi connectivity index (χ3v) is 3.26. The van der Waals surface area contributed by atoms with Crippen LogP contribution >= 0.6 is 12.2 Å². The Morgan fingerprint density at radius 1 is 1.25 bits per heavy atom. The van der Waals surface area contributed by atoms with E-state index in [4.69, 9.17) is 18.0 Å². The molecule has 2 aromatic rings. The highest BCUT2D eigenvalue weighted by molar-refractivity contribution is 7.80. The number of hydrogen-bond acceptors (Lipinski definition) is 3. The number of nitrogens with zero attached hydrogens (tertiary/aromatic N) is 1. The van der Waals surface area contributed by atoms with Crippen molar-refractivity contribution in [2.75, 3.05) is 11.9 Å². The molecule has 4 heteroatoms. The van der Waals surface area contributed by atoms with Crippen LogP contribution < -0.4 is 11.1 Å². The normalized spacial score (nSPS) is 10.2. The summed E-state index contributed by atoms with van der Waals surface area (Å²) in [6.45, 7) is 2.82. The number of aryl methyl sites for hydroxylation is 2. The Morgan fingerprint density at radius 3 is 2.70 bits per heavy atom. The Balaban J connectivity index is 1.86. The first-order chi connectivity index (χ1) is 9.65. The standard InChI is InChI=1S/C16H19N3S/c1-12-10-14(16(17)20)11-15(19-12)18-9-5-8-13-6-3-2-4-7-13/h2-4,6-7,10-11H,5,8-9H2,1H3,(H2,17,20)(H,18,19). The average molecular weight is 285 g/mol. The van der Waals surface area contributed by atoms with E-state index in [2.05, 4.69) is 34.6 Å². The summed E-state index contributed by atoms with van der Waals surface area (Å²) in [5.74, 6) is 0.834. The number of thiocarbonyl (C=S) groups is 1. The van der Waals surface area contributed by atoms with Crippen LogP contribution in [-0.4, -0.2) is 16.5 Å². The first-order valence-electron chi connectivity index (χ1n) is 6.71. The largest absolute Gasteiger partial charge is 0.389 e. The van der Waals surface area contributed by atoms with Gasteiger partial charge in [-0.3, -0.25) is 0 Å². The lowest BCUT2D eigenvalue weighted by molar-refractivity contribution is 0.858. The molecular formula is C16H19N3S. The molecule has 0 bridgehead atoms. The van der Waals surface area contributed by atoms with E-state index < -0.39 is 0 Å². The van der Waals surface area contributed by atoms with E-state index >= 15 is 0 Å². The minimum absolute atomic E-state index is 0.405. The van der Waals surface area contributed by atoms with Crippen molar-refractivity contribution in [3.63, 3.8) is 0 Å². The molecule has 1 aromatic heterocycles. The number of nitrogens with two attached hydrogens (primary N) is 1. The lowest BCUT2D eigenvalue weighted by Crippen LogP contribution is -2.12. The van der Waals surface area contributed by atoms with E-state index in [-0.39, 0.29) is 0 Å². The summed E-state index contributed by atoms with van der Waals surface area (Å²) in [4.78, 5) is 4.84. The zero-order valence-corrected chi connectivity index (χ0v) is 12.4. The number of pyridine rings is 1. The molecule has 3 nitrogen and oxygen atoms in total. The molecule has 0 spiro atoms. The Morgan fingerprint density at radius 2 is 2.00 bits per heavy atom. The van der Waals surface area contributed by atoms with Crippen LogP contribution in [0.3, 0.4) is 0 Å². The van der Waals surface area contributed by atoms with Gasteiger partial charge in [0, 0.05) is 17.8 Å². The van der Waals surface area contributed by atoms with Gasteiger partial charge in [0.05, 0.1) is 0 Å². The molecule has 0 atom stereocenters. The van der Waals surface area contributed by atoms with Crippen molar-refractivity contribution in [2.24, 2.45) is 5.73 Å².